The van der Waals surface area contributed by atoms with Crippen molar-refractivity contribution in [3.8, 4) is 5.75 Å². The molecule has 0 spiro atoms. The van der Waals surface area contributed by atoms with Gasteiger partial charge in [-0.2, -0.15) is 11.8 Å². The van der Waals surface area contributed by atoms with Crippen molar-refractivity contribution >= 4 is 29.3 Å². The van der Waals surface area contributed by atoms with Crippen LogP contribution in [0, 0.1) is 0 Å². The fourth-order valence-electron chi connectivity index (χ4n) is 1.47. The third-order valence-corrected chi connectivity index (χ3v) is 3.73. The Morgan fingerprint density at radius 1 is 1.53 bits per heavy atom. The van der Waals surface area contributed by atoms with Gasteiger partial charge < -0.3 is 15.2 Å². The van der Waals surface area contributed by atoms with Crippen molar-refractivity contribution in [1.82, 2.24) is 0 Å². The summed E-state index contributed by atoms with van der Waals surface area (Å²) in [6.07, 6.45) is 0. The van der Waals surface area contributed by atoms with Gasteiger partial charge in [0.1, 0.15) is 11.8 Å². The van der Waals surface area contributed by atoms with Crippen LogP contribution in [0.5, 0.6) is 5.75 Å². The first-order valence-corrected chi connectivity index (χ1v) is 7.44. The Hall–Kier alpha value is -0.910. The summed E-state index contributed by atoms with van der Waals surface area (Å²) in [5, 5.41) is 0.658. The third-order valence-electron chi connectivity index (χ3n) is 2.39. The smallest absolute Gasteiger partial charge is 0.323 e. The van der Waals surface area contributed by atoms with E-state index in [0.29, 0.717) is 23.1 Å². The molecule has 0 aliphatic rings. The van der Waals surface area contributed by atoms with E-state index in [1.54, 1.807) is 31.9 Å². The van der Waals surface area contributed by atoms with Gasteiger partial charge in [-0.05, 0) is 25.1 Å². The lowest BCUT2D eigenvalue weighted by molar-refractivity contribution is -0.144. The van der Waals surface area contributed by atoms with E-state index in [9.17, 15) is 4.79 Å². The topological polar surface area (TPSA) is 61.5 Å². The molecule has 1 aromatic rings. The number of nitrogens with two attached hydrogens (primary N) is 1. The third kappa shape index (κ3) is 5.30. The van der Waals surface area contributed by atoms with Gasteiger partial charge in [-0.15, -0.1) is 0 Å². The minimum atomic E-state index is -0.602. The number of ether oxygens (including phenoxy) is 2. The van der Waals surface area contributed by atoms with Crippen molar-refractivity contribution in [3.63, 3.8) is 0 Å². The maximum absolute atomic E-state index is 11.4. The summed E-state index contributed by atoms with van der Waals surface area (Å²) < 4.78 is 10.1. The molecule has 0 amide bonds. The molecule has 0 bridgehead atoms. The van der Waals surface area contributed by atoms with Gasteiger partial charge in [-0.3, -0.25) is 4.79 Å². The maximum Gasteiger partial charge on any atom is 0.323 e. The van der Waals surface area contributed by atoms with Crippen LogP contribution in [0.2, 0.25) is 5.02 Å². The van der Waals surface area contributed by atoms with E-state index in [0.717, 1.165) is 11.3 Å². The lowest BCUT2D eigenvalue weighted by atomic mass is 10.2. The normalized spacial score (nSPS) is 12.0. The van der Waals surface area contributed by atoms with Crippen LogP contribution in [-0.4, -0.2) is 31.5 Å². The Balaban J connectivity index is 2.49. The van der Waals surface area contributed by atoms with Gasteiger partial charge in [0.15, 0.2) is 0 Å². The molecule has 1 rings (SSSR count). The molecule has 0 saturated heterocycles. The summed E-state index contributed by atoms with van der Waals surface area (Å²) in [5.74, 6) is 1.58. The molecule has 106 valence electrons. The number of hydrogen-bond donors (Lipinski definition) is 1. The largest absolute Gasteiger partial charge is 0.496 e. The van der Waals surface area contributed by atoms with Crippen LogP contribution < -0.4 is 10.5 Å². The van der Waals surface area contributed by atoms with Crippen LogP contribution in [0.4, 0.5) is 0 Å². The molecule has 2 N–H and O–H groups in total. The van der Waals surface area contributed by atoms with Crippen molar-refractivity contribution in [3.05, 3.63) is 28.8 Å². The number of halogens is 1. The Kier molecular flexibility index (Phi) is 7.05. The minimum absolute atomic E-state index is 0.347. The lowest BCUT2D eigenvalue weighted by Crippen LogP contribution is -2.34. The zero-order chi connectivity index (χ0) is 14.3. The zero-order valence-corrected chi connectivity index (χ0v) is 12.6. The van der Waals surface area contributed by atoms with Crippen molar-refractivity contribution < 1.29 is 14.3 Å². The van der Waals surface area contributed by atoms with Gasteiger partial charge in [0.2, 0.25) is 0 Å². The van der Waals surface area contributed by atoms with Crippen LogP contribution in [-0.2, 0) is 15.3 Å². The molecule has 0 saturated carbocycles. The molecular formula is C13H18ClNO3S. The minimum Gasteiger partial charge on any atom is -0.496 e. The molecule has 0 aliphatic heterocycles. The number of carbonyl (C=O) groups is 1. The Morgan fingerprint density at radius 3 is 2.89 bits per heavy atom. The molecule has 0 radical (unpaired) electrons. The van der Waals surface area contributed by atoms with Gasteiger partial charge in [0.25, 0.3) is 0 Å². The summed E-state index contributed by atoms with van der Waals surface area (Å²) in [7, 11) is 1.61. The van der Waals surface area contributed by atoms with Crippen molar-refractivity contribution in [2.45, 2.75) is 18.7 Å². The highest BCUT2D eigenvalue weighted by atomic mass is 35.5. The Labute approximate surface area is 122 Å². The molecule has 1 aromatic carbocycles. The molecule has 0 aromatic heterocycles. The second-order valence-corrected chi connectivity index (χ2v) is 5.30. The number of methoxy groups -OCH3 is 1. The molecule has 0 aliphatic carbocycles. The number of benzene rings is 1. The highest BCUT2D eigenvalue weighted by molar-refractivity contribution is 7.98. The van der Waals surface area contributed by atoms with E-state index in [1.165, 1.54) is 0 Å². The first-order valence-electron chi connectivity index (χ1n) is 5.90. The van der Waals surface area contributed by atoms with Gasteiger partial charge in [0, 0.05) is 22.1 Å². The molecule has 1 atom stereocenters. The Bertz CT molecular complexity index is 428. The maximum atomic E-state index is 11.4. The van der Waals surface area contributed by atoms with Crippen LogP contribution in [0.1, 0.15) is 12.5 Å². The van der Waals surface area contributed by atoms with E-state index in [-0.39, 0.29) is 5.97 Å². The average Bonchev–Trinajstić information content (AvgIpc) is 2.39. The number of rotatable bonds is 7. The summed E-state index contributed by atoms with van der Waals surface area (Å²) in [6, 6.07) is 4.85. The highest BCUT2D eigenvalue weighted by Crippen LogP contribution is 2.26. The summed E-state index contributed by atoms with van der Waals surface area (Å²) in [4.78, 5) is 11.4. The summed E-state index contributed by atoms with van der Waals surface area (Å²) in [6.45, 7) is 2.11. The van der Waals surface area contributed by atoms with E-state index >= 15 is 0 Å². The average molecular weight is 304 g/mol. The van der Waals surface area contributed by atoms with E-state index in [2.05, 4.69) is 0 Å². The predicted octanol–water partition coefficient (Wildman–Crippen LogP) is 2.47. The quantitative estimate of drug-likeness (QED) is 0.784. The predicted molar refractivity (Wildman–Crippen MR) is 78.8 cm³/mol. The number of hydrogen-bond acceptors (Lipinski definition) is 5. The molecular weight excluding hydrogens is 286 g/mol. The fraction of sp³-hybridized carbons (Fsp3) is 0.462. The molecule has 0 fully saturated rings. The number of thioether (sulfide) groups is 1. The molecule has 0 heterocycles. The number of esters is 1. The Morgan fingerprint density at radius 2 is 2.26 bits per heavy atom. The van der Waals surface area contributed by atoms with Crippen LogP contribution >= 0.6 is 23.4 Å². The van der Waals surface area contributed by atoms with Gasteiger partial charge in [0.05, 0.1) is 13.7 Å². The molecule has 1 unspecified atom stereocenters. The number of carbonyl (C=O) groups excluding carboxylic acids is 1. The van der Waals surface area contributed by atoms with E-state index < -0.39 is 6.04 Å². The zero-order valence-electron chi connectivity index (χ0n) is 11.0. The second kappa shape index (κ2) is 8.30. The van der Waals surface area contributed by atoms with Gasteiger partial charge in [-0.25, -0.2) is 0 Å². The molecule has 19 heavy (non-hydrogen) atoms. The summed E-state index contributed by atoms with van der Waals surface area (Å²) in [5.41, 5.74) is 6.70. The van der Waals surface area contributed by atoms with Crippen molar-refractivity contribution in [2.24, 2.45) is 5.73 Å². The molecule has 6 heteroatoms. The van der Waals surface area contributed by atoms with Crippen LogP contribution in [0.3, 0.4) is 0 Å². The van der Waals surface area contributed by atoms with E-state index in [4.69, 9.17) is 26.8 Å². The summed E-state index contributed by atoms with van der Waals surface area (Å²) >= 11 is 7.49. The standard InChI is InChI=1S/C13H18ClNO3S/c1-3-18-13(16)11(15)8-19-7-9-6-10(14)4-5-12(9)17-2/h4-6,11H,3,7-8,15H2,1-2H3. The fourth-order valence-corrected chi connectivity index (χ4v) is 2.62. The van der Waals surface area contributed by atoms with Gasteiger partial charge >= 0.3 is 5.97 Å². The highest BCUT2D eigenvalue weighted by Gasteiger charge is 2.14. The monoisotopic (exact) mass is 303 g/mol. The van der Waals surface area contributed by atoms with E-state index in [1.807, 2.05) is 12.1 Å². The lowest BCUT2D eigenvalue weighted by Gasteiger charge is -2.11. The second-order valence-electron chi connectivity index (χ2n) is 3.83. The van der Waals surface area contributed by atoms with Gasteiger partial charge in [-0.1, -0.05) is 11.6 Å². The van der Waals surface area contributed by atoms with Crippen LogP contribution in [0.15, 0.2) is 18.2 Å². The molecule has 4 nitrogen and oxygen atoms in total. The first kappa shape index (κ1) is 16.1. The van der Waals surface area contributed by atoms with Crippen LogP contribution in [0.25, 0.3) is 0 Å². The van der Waals surface area contributed by atoms with Crippen molar-refractivity contribution in [2.75, 3.05) is 19.5 Å². The first-order chi connectivity index (χ1) is 9.08. The SMILES string of the molecule is CCOC(=O)C(N)CSCc1cc(Cl)ccc1OC. The van der Waals surface area contributed by atoms with Crippen molar-refractivity contribution in [1.29, 1.82) is 0 Å².